The van der Waals surface area contributed by atoms with Crippen LogP contribution in [0.3, 0.4) is 0 Å². The van der Waals surface area contributed by atoms with Crippen LogP contribution < -0.4 is 5.73 Å². The van der Waals surface area contributed by atoms with E-state index >= 15 is 0 Å². The lowest BCUT2D eigenvalue weighted by atomic mass is 10.0. The van der Waals surface area contributed by atoms with Gasteiger partial charge in [0.05, 0.1) is 18.4 Å². The van der Waals surface area contributed by atoms with Crippen LogP contribution in [0, 0.1) is 11.3 Å². The Morgan fingerprint density at radius 1 is 1.59 bits per heavy atom. The molecule has 2 aliphatic heterocycles. The highest BCUT2D eigenvalue weighted by Gasteiger charge is 2.42. The molecule has 1 aromatic rings. The normalized spacial score (nSPS) is 20.7. The van der Waals surface area contributed by atoms with Gasteiger partial charge in [0.1, 0.15) is 22.8 Å². The molecule has 22 heavy (non-hydrogen) atoms. The first-order valence-electron chi connectivity index (χ1n) is 6.36. The number of amidine groups is 1. The van der Waals surface area contributed by atoms with Gasteiger partial charge in [-0.3, -0.25) is 4.90 Å². The molecule has 0 unspecified atom stereocenters. The number of thiophene rings is 1. The second-order valence-corrected chi connectivity index (χ2v) is 6.56. The number of aliphatic imine (C=N–C) groups is 1. The smallest absolute Gasteiger partial charge is 0.338 e. The summed E-state index contributed by atoms with van der Waals surface area (Å²) in [5.74, 6) is -0.125. The molecular formula is C14H12N4O2S2. The molecule has 0 radical (unpaired) electrons. The number of thioether (sulfide) groups is 1. The van der Waals surface area contributed by atoms with E-state index in [1.165, 1.54) is 30.2 Å². The van der Waals surface area contributed by atoms with Crippen molar-refractivity contribution in [2.24, 2.45) is 10.7 Å². The van der Waals surface area contributed by atoms with Crippen molar-refractivity contribution in [3.05, 3.63) is 44.4 Å². The molecular weight excluding hydrogens is 320 g/mol. The Bertz CT molecular complexity index is 771. The van der Waals surface area contributed by atoms with Crippen molar-refractivity contribution in [3.8, 4) is 6.07 Å². The summed E-state index contributed by atoms with van der Waals surface area (Å²) >= 11 is 2.73. The van der Waals surface area contributed by atoms with E-state index < -0.39 is 12.0 Å². The number of methoxy groups -OCH3 is 1. The minimum absolute atomic E-state index is 0.318. The van der Waals surface area contributed by atoms with Crippen LogP contribution in [0.1, 0.15) is 17.8 Å². The molecule has 112 valence electrons. The summed E-state index contributed by atoms with van der Waals surface area (Å²) in [5.41, 5.74) is 7.12. The maximum absolute atomic E-state index is 12.2. The third kappa shape index (κ3) is 2.10. The van der Waals surface area contributed by atoms with E-state index in [9.17, 15) is 10.1 Å². The quantitative estimate of drug-likeness (QED) is 0.836. The monoisotopic (exact) mass is 332 g/mol. The Hall–Kier alpha value is -2.24. The summed E-state index contributed by atoms with van der Waals surface area (Å²) in [6.45, 7) is 1.76. The molecule has 1 atom stereocenters. The number of hydrogen-bond donors (Lipinski definition) is 1. The Morgan fingerprint density at radius 3 is 2.95 bits per heavy atom. The lowest BCUT2D eigenvalue weighted by Crippen LogP contribution is -2.38. The van der Waals surface area contributed by atoms with E-state index in [1.807, 2.05) is 17.5 Å². The molecule has 6 nitrogen and oxygen atoms in total. The number of ether oxygens (including phenoxy) is 1. The zero-order valence-electron chi connectivity index (χ0n) is 11.9. The van der Waals surface area contributed by atoms with Crippen LogP contribution in [0.4, 0.5) is 0 Å². The maximum atomic E-state index is 12.2. The fourth-order valence-corrected chi connectivity index (χ4v) is 4.17. The Labute approximate surface area is 135 Å². The van der Waals surface area contributed by atoms with Gasteiger partial charge < -0.3 is 10.5 Å². The second kappa shape index (κ2) is 5.51. The van der Waals surface area contributed by atoms with Crippen molar-refractivity contribution < 1.29 is 9.53 Å². The Kier molecular flexibility index (Phi) is 3.68. The van der Waals surface area contributed by atoms with E-state index in [0.29, 0.717) is 27.2 Å². The fraction of sp³-hybridized carbons (Fsp3) is 0.214. The number of nitrogens with two attached hydrogens (primary N) is 1. The van der Waals surface area contributed by atoms with Crippen LogP contribution in [0.2, 0.25) is 0 Å². The highest BCUT2D eigenvalue weighted by Crippen LogP contribution is 2.46. The molecule has 2 N–H and O–H groups in total. The lowest BCUT2D eigenvalue weighted by Gasteiger charge is -2.33. The summed E-state index contributed by atoms with van der Waals surface area (Å²) in [7, 11) is 1.34. The molecule has 0 spiro atoms. The van der Waals surface area contributed by atoms with Crippen molar-refractivity contribution in [2.75, 3.05) is 7.11 Å². The predicted molar refractivity (Wildman–Crippen MR) is 85.5 cm³/mol. The second-order valence-electron chi connectivity index (χ2n) is 4.60. The minimum Gasteiger partial charge on any atom is -0.466 e. The third-order valence-electron chi connectivity index (χ3n) is 3.40. The van der Waals surface area contributed by atoms with Crippen molar-refractivity contribution in [1.29, 1.82) is 5.26 Å². The first kappa shape index (κ1) is 14.7. The minimum atomic E-state index is -0.443. The van der Waals surface area contributed by atoms with Gasteiger partial charge in [0, 0.05) is 4.88 Å². The van der Waals surface area contributed by atoms with Gasteiger partial charge in [-0.25, -0.2) is 9.79 Å². The predicted octanol–water partition coefficient (Wildman–Crippen LogP) is 2.31. The molecule has 0 aliphatic carbocycles. The summed E-state index contributed by atoms with van der Waals surface area (Å²) in [5, 5.41) is 11.7. The van der Waals surface area contributed by atoms with Crippen molar-refractivity contribution in [1.82, 2.24) is 4.90 Å². The number of esters is 1. The van der Waals surface area contributed by atoms with E-state index in [2.05, 4.69) is 11.1 Å². The van der Waals surface area contributed by atoms with Gasteiger partial charge >= 0.3 is 5.97 Å². The van der Waals surface area contributed by atoms with Gasteiger partial charge in [-0.15, -0.1) is 11.3 Å². The van der Waals surface area contributed by atoms with Gasteiger partial charge in [0.15, 0.2) is 5.17 Å². The summed E-state index contributed by atoms with van der Waals surface area (Å²) < 4.78 is 4.91. The van der Waals surface area contributed by atoms with E-state index in [-0.39, 0.29) is 0 Å². The number of nitriles is 1. The molecule has 2 aliphatic rings. The third-order valence-corrected chi connectivity index (χ3v) is 5.30. The number of hydrogen-bond acceptors (Lipinski definition) is 8. The average Bonchev–Trinajstić information content (AvgIpc) is 3.13. The SMILES string of the molecule is COC(=O)C1=C(C)N=C2SC(C#N)=C(N)N2[C@@H]1c1cccs1. The Balaban J connectivity index is 2.19. The molecule has 0 bridgehead atoms. The van der Waals surface area contributed by atoms with Crippen molar-refractivity contribution in [3.63, 3.8) is 0 Å². The van der Waals surface area contributed by atoms with Crippen molar-refractivity contribution in [2.45, 2.75) is 13.0 Å². The highest BCUT2D eigenvalue weighted by atomic mass is 32.2. The summed E-state index contributed by atoms with van der Waals surface area (Å²) in [6.07, 6.45) is 0. The van der Waals surface area contributed by atoms with E-state index in [4.69, 9.17) is 10.5 Å². The average molecular weight is 332 g/mol. The van der Waals surface area contributed by atoms with Gasteiger partial charge in [0.25, 0.3) is 0 Å². The van der Waals surface area contributed by atoms with Crippen molar-refractivity contribution >= 4 is 34.2 Å². The highest BCUT2D eigenvalue weighted by molar-refractivity contribution is 8.17. The number of carbonyl (C=O) groups excluding carboxylic acids is 1. The van der Waals surface area contributed by atoms with Gasteiger partial charge in [0.2, 0.25) is 0 Å². The largest absolute Gasteiger partial charge is 0.466 e. The fourth-order valence-electron chi connectivity index (χ4n) is 2.43. The molecule has 0 aromatic carbocycles. The molecule has 1 aromatic heterocycles. The molecule has 0 amide bonds. The Morgan fingerprint density at radius 2 is 2.36 bits per heavy atom. The number of nitrogens with zero attached hydrogens (tertiary/aromatic N) is 3. The molecule has 0 saturated carbocycles. The molecule has 3 heterocycles. The standard InChI is InChI=1S/C14H12N4O2S2/c1-7-10(13(19)20-2)11(8-4-3-5-21-8)18-12(16)9(6-15)22-14(18)17-7/h3-5,11H,16H2,1-2H3/t11-/m1/s1. The molecule has 0 fully saturated rings. The van der Waals surface area contributed by atoms with Gasteiger partial charge in [-0.1, -0.05) is 6.07 Å². The van der Waals surface area contributed by atoms with Gasteiger partial charge in [-0.05, 0) is 30.1 Å². The summed E-state index contributed by atoms with van der Waals surface area (Å²) in [6, 6.07) is 5.49. The van der Waals surface area contributed by atoms with Crippen LogP contribution in [-0.2, 0) is 9.53 Å². The first-order chi connectivity index (χ1) is 10.6. The van der Waals surface area contributed by atoms with E-state index in [1.54, 1.807) is 11.8 Å². The maximum Gasteiger partial charge on any atom is 0.338 e. The first-order valence-corrected chi connectivity index (χ1v) is 8.06. The number of carbonyl (C=O) groups is 1. The van der Waals surface area contributed by atoms with Crippen LogP contribution >= 0.6 is 23.1 Å². The zero-order valence-corrected chi connectivity index (χ0v) is 13.5. The molecule has 8 heteroatoms. The van der Waals surface area contributed by atoms with E-state index in [0.717, 1.165) is 4.88 Å². The van der Waals surface area contributed by atoms with Crippen LogP contribution in [0.15, 0.2) is 44.5 Å². The van der Waals surface area contributed by atoms with Crippen LogP contribution in [-0.4, -0.2) is 23.1 Å². The number of rotatable bonds is 2. The van der Waals surface area contributed by atoms with Gasteiger partial charge in [-0.2, -0.15) is 5.26 Å². The molecule has 3 rings (SSSR count). The number of allylic oxidation sites excluding steroid dienone is 2. The van der Waals surface area contributed by atoms with Crippen LogP contribution in [0.25, 0.3) is 0 Å². The van der Waals surface area contributed by atoms with Crippen LogP contribution in [0.5, 0.6) is 0 Å². The zero-order chi connectivity index (χ0) is 15.9. The molecule has 0 saturated heterocycles. The summed E-state index contributed by atoms with van der Waals surface area (Å²) in [4.78, 5) is 19.7. The topological polar surface area (TPSA) is 91.7 Å². The number of fused-ring (bicyclic) bond motifs is 1. The lowest BCUT2D eigenvalue weighted by molar-refractivity contribution is -0.136.